The van der Waals surface area contributed by atoms with E-state index in [-0.39, 0.29) is 6.10 Å². The third kappa shape index (κ3) is 4.75. The maximum Gasteiger partial charge on any atom is 0.124 e. The summed E-state index contributed by atoms with van der Waals surface area (Å²) >= 11 is 1.78. The SMILES string of the molecule is Cc1ccsc1CN(Cc1nc2ccccc2n1Cc1ccccc1)CC(C)O. The Morgan fingerprint density at radius 3 is 2.52 bits per heavy atom. The number of aliphatic hydroxyl groups excluding tert-OH is 1. The molecule has 1 N–H and O–H groups in total. The highest BCUT2D eigenvalue weighted by molar-refractivity contribution is 7.10. The molecule has 1 unspecified atom stereocenters. The van der Waals surface area contributed by atoms with Gasteiger partial charge < -0.3 is 9.67 Å². The van der Waals surface area contributed by atoms with E-state index in [9.17, 15) is 5.11 Å². The van der Waals surface area contributed by atoms with Gasteiger partial charge in [0.15, 0.2) is 0 Å². The van der Waals surface area contributed by atoms with Crippen molar-refractivity contribution in [2.24, 2.45) is 0 Å². The molecule has 2 heterocycles. The first-order valence-electron chi connectivity index (χ1n) is 10.0. The molecule has 0 aliphatic heterocycles. The smallest absolute Gasteiger partial charge is 0.124 e. The van der Waals surface area contributed by atoms with Crippen molar-refractivity contribution >= 4 is 22.4 Å². The first-order chi connectivity index (χ1) is 14.1. The van der Waals surface area contributed by atoms with Crippen molar-refractivity contribution in [3.05, 3.63) is 87.9 Å². The summed E-state index contributed by atoms with van der Waals surface area (Å²) in [4.78, 5) is 8.59. The van der Waals surface area contributed by atoms with E-state index in [0.29, 0.717) is 13.1 Å². The summed E-state index contributed by atoms with van der Waals surface area (Å²) in [6.07, 6.45) is -0.387. The van der Waals surface area contributed by atoms with E-state index in [0.717, 1.165) is 29.9 Å². The second-order valence-corrected chi connectivity index (χ2v) is 8.63. The molecule has 0 saturated carbocycles. The fourth-order valence-corrected chi connectivity index (χ4v) is 4.66. The van der Waals surface area contributed by atoms with E-state index in [1.807, 2.05) is 19.1 Å². The molecular formula is C24H27N3OS. The van der Waals surface area contributed by atoms with Gasteiger partial charge >= 0.3 is 0 Å². The second kappa shape index (κ2) is 8.91. The van der Waals surface area contributed by atoms with Crippen LogP contribution in [0.2, 0.25) is 0 Å². The third-order valence-electron chi connectivity index (χ3n) is 5.14. The summed E-state index contributed by atoms with van der Waals surface area (Å²) in [7, 11) is 0. The lowest BCUT2D eigenvalue weighted by atomic mass is 10.2. The minimum absolute atomic E-state index is 0.387. The van der Waals surface area contributed by atoms with Gasteiger partial charge in [-0.05, 0) is 48.6 Å². The third-order valence-corrected chi connectivity index (χ3v) is 6.15. The number of hydrogen-bond acceptors (Lipinski definition) is 4. The number of hydrogen-bond donors (Lipinski definition) is 1. The van der Waals surface area contributed by atoms with E-state index in [1.54, 1.807) is 11.3 Å². The van der Waals surface area contributed by atoms with Crippen molar-refractivity contribution in [1.82, 2.24) is 14.5 Å². The number of aromatic nitrogens is 2. The molecule has 0 spiro atoms. The van der Waals surface area contributed by atoms with Gasteiger partial charge in [-0.3, -0.25) is 4.90 Å². The lowest BCUT2D eigenvalue weighted by molar-refractivity contribution is 0.116. The Morgan fingerprint density at radius 2 is 1.79 bits per heavy atom. The topological polar surface area (TPSA) is 41.3 Å². The van der Waals surface area contributed by atoms with Crippen LogP contribution in [0, 0.1) is 6.92 Å². The summed E-state index contributed by atoms with van der Waals surface area (Å²) < 4.78 is 2.31. The van der Waals surface area contributed by atoms with Crippen LogP contribution in [-0.4, -0.2) is 32.2 Å². The standard InChI is InChI=1S/C24H27N3OS/c1-18-12-13-29-23(18)16-26(14-19(2)28)17-24-25-21-10-6-7-11-22(21)27(24)15-20-8-4-3-5-9-20/h3-13,19,28H,14-17H2,1-2H3. The zero-order valence-electron chi connectivity index (χ0n) is 17.0. The van der Waals surface area contributed by atoms with Crippen LogP contribution in [0.15, 0.2) is 66.0 Å². The molecule has 0 fully saturated rings. The van der Waals surface area contributed by atoms with Gasteiger partial charge in [0.05, 0.1) is 23.7 Å². The second-order valence-electron chi connectivity index (χ2n) is 7.63. The van der Waals surface area contributed by atoms with Crippen LogP contribution in [0.25, 0.3) is 11.0 Å². The molecule has 1 atom stereocenters. The Morgan fingerprint density at radius 1 is 1.03 bits per heavy atom. The number of aliphatic hydroxyl groups is 1. The van der Waals surface area contributed by atoms with Gasteiger partial charge in [0.25, 0.3) is 0 Å². The molecule has 2 aromatic heterocycles. The highest BCUT2D eigenvalue weighted by Gasteiger charge is 2.17. The number of rotatable bonds is 8. The number of imidazole rings is 1. The van der Waals surface area contributed by atoms with Crippen molar-refractivity contribution in [2.45, 2.75) is 39.6 Å². The van der Waals surface area contributed by atoms with E-state index in [2.05, 4.69) is 70.3 Å². The van der Waals surface area contributed by atoms with Gasteiger partial charge in [0, 0.05) is 24.5 Å². The highest BCUT2D eigenvalue weighted by atomic mass is 32.1. The summed E-state index contributed by atoms with van der Waals surface area (Å²) in [5.41, 5.74) is 4.73. The molecule has 2 aromatic carbocycles. The van der Waals surface area contributed by atoms with Crippen LogP contribution >= 0.6 is 11.3 Å². The van der Waals surface area contributed by atoms with Crippen LogP contribution in [0.5, 0.6) is 0 Å². The van der Waals surface area contributed by atoms with Crippen molar-refractivity contribution < 1.29 is 5.11 Å². The molecule has 0 aliphatic rings. The summed E-state index contributed by atoms with van der Waals surface area (Å²) in [5.74, 6) is 1.03. The van der Waals surface area contributed by atoms with Gasteiger partial charge in [-0.15, -0.1) is 11.3 Å². The molecule has 4 aromatic rings. The minimum atomic E-state index is -0.387. The average Bonchev–Trinajstić information content (AvgIpc) is 3.26. The molecule has 4 rings (SSSR count). The van der Waals surface area contributed by atoms with Crippen molar-refractivity contribution in [2.75, 3.05) is 6.54 Å². The molecule has 0 aliphatic carbocycles. The largest absolute Gasteiger partial charge is 0.392 e. The molecule has 0 amide bonds. The maximum atomic E-state index is 10.1. The molecule has 0 bridgehead atoms. The van der Waals surface area contributed by atoms with Crippen molar-refractivity contribution in [3.63, 3.8) is 0 Å². The minimum Gasteiger partial charge on any atom is -0.392 e. The maximum absolute atomic E-state index is 10.1. The van der Waals surface area contributed by atoms with Crippen LogP contribution in [0.3, 0.4) is 0 Å². The Kier molecular flexibility index (Phi) is 6.09. The van der Waals surface area contributed by atoms with Gasteiger partial charge in [-0.1, -0.05) is 42.5 Å². The monoisotopic (exact) mass is 405 g/mol. The molecule has 0 saturated heterocycles. The molecule has 0 radical (unpaired) electrons. The fraction of sp³-hybridized carbons (Fsp3) is 0.292. The zero-order chi connectivity index (χ0) is 20.2. The Bertz CT molecular complexity index is 1070. The number of aryl methyl sites for hydroxylation is 1. The predicted molar refractivity (Wildman–Crippen MR) is 120 cm³/mol. The normalized spacial score (nSPS) is 12.7. The van der Waals surface area contributed by atoms with E-state index >= 15 is 0 Å². The van der Waals surface area contributed by atoms with Crippen LogP contribution in [-0.2, 0) is 19.6 Å². The lowest BCUT2D eigenvalue weighted by Gasteiger charge is -2.24. The Labute approximate surface area is 176 Å². The lowest BCUT2D eigenvalue weighted by Crippen LogP contribution is -2.31. The first kappa shape index (κ1) is 19.8. The van der Waals surface area contributed by atoms with Gasteiger partial charge in [0.2, 0.25) is 0 Å². The van der Waals surface area contributed by atoms with Gasteiger partial charge in [-0.2, -0.15) is 0 Å². The number of para-hydroxylation sites is 2. The van der Waals surface area contributed by atoms with Crippen LogP contribution in [0.1, 0.15) is 28.8 Å². The van der Waals surface area contributed by atoms with E-state index in [4.69, 9.17) is 4.98 Å². The van der Waals surface area contributed by atoms with Crippen molar-refractivity contribution in [1.29, 1.82) is 0 Å². The zero-order valence-corrected chi connectivity index (χ0v) is 17.8. The summed E-state index contributed by atoms with van der Waals surface area (Å²) in [5, 5.41) is 12.2. The fourth-order valence-electron chi connectivity index (χ4n) is 3.72. The molecule has 5 heteroatoms. The first-order valence-corrected chi connectivity index (χ1v) is 10.9. The number of nitrogens with zero attached hydrogens (tertiary/aromatic N) is 3. The average molecular weight is 406 g/mol. The Hall–Kier alpha value is -2.47. The van der Waals surface area contributed by atoms with Gasteiger partial charge in [0.1, 0.15) is 5.82 Å². The molecular weight excluding hydrogens is 378 g/mol. The molecule has 4 nitrogen and oxygen atoms in total. The number of thiophene rings is 1. The van der Waals surface area contributed by atoms with Crippen molar-refractivity contribution in [3.8, 4) is 0 Å². The van der Waals surface area contributed by atoms with E-state index in [1.165, 1.54) is 16.0 Å². The van der Waals surface area contributed by atoms with E-state index < -0.39 is 0 Å². The summed E-state index contributed by atoms with van der Waals surface area (Å²) in [6.45, 7) is 6.92. The highest BCUT2D eigenvalue weighted by Crippen LogP contribution is 2.22. The molecule has 29 heavy (non-hydrogen) atoms. The van der Waals surface area contributed by atoms with Gasteiger partial charge in [-0.25, -0.2) is 4.98 Å². The van der Waals surface area contributed by atoms with Crippen LogP contribution < -0.4 is 0 Å². The molecule has 150 valence electrons. The van der Waals surface area contributed by atoms with Crippen LogP contribution in [0.4, 0.5) is 0 Å². The number of benzene rings is 2. The number of fused-ring (bicyclic) bond motifs is 1. The summed E-state index contributed by atoms with van der Waals surface area (Å²) in [6, 6.07) is 21.0. The quantitative estimate of drug-likeness (QED) is 0.456. The Balaban J connectivity index is 1.67. The predicted octanol–water partition coefficient (Wildman–Crippen LogP) is 4.84.